The Morgan fingerprint density at radius 3 is 2.27 bits per heavy atom. The van der Waals surface area contributed by atoms with Gasteiger partial charge >= 0.3 is 0 Å². The van der Waals surface area contributed by atoms with Gasteiger partial charge in [0.1, 0.15) is 0 Å². The molecule has 0 amide bonds. The van der Waals surface area contributed by atoms with Crippen molar-refractivity contribution in [1.82, 2.24) is 0 Å². The van der Waals surface area contributed by atoms with Crippen molar-refractivity contribution in [3.63, 3.8) is 0 Å². The largest absolute Gasteiger partial charge is 0.327 e. The lowest BCUT2D eigenvalue weighted by Gasteiger charge is -2.23. The van der Waals surface area contributed by atoms with E-state index in [-0.39, 0.29) is 0 Å². The van der Waals surface area contributed by atoms with E-state index in [2.05, 4.69) is 20.8 Å². The van der Waals surface area contributed by atoms with Gasteiger partial charge in [0, 0.05) is 6.04 Å². The molecular weight excluding hydrogens is 134 g/mol. The van der Waals surface area contributed by atoms with Gasteiger partial charge in [-0.15, -0.1) is 0 Å². The summed E-state index contributed by atoms with van der Waals surface area (Å²) in [7, 11) is 0. The van der Waals surface area contributed by atoms with Crippen LogP contribution in [0.5, 0.6) is 0 Å². The maximum Gasteiger partial charge on any atom is 0.00675 e. The van der Waals surface area contributed by atoms with Crippen LogP contribution in [0.15, 0.2) is 0 Å². The summed E-state index contributed by atoms with van der Waals surface area (Å²) >= 11 is 0. The fourth-order valence-electron chi connectivity index (χ4n) is 2.89. The molecule has 64 valence electrons. The fraction of sp³-hybridized carbons (Fsp3) is 1.00. The minimum atomic E-state index is 0.484. The molecule has 2 aliphatic carbocycles. The highest BCUT2D eigenvalue weighted by Gasteiger charge is 2.59. The molecule has 2 N–H and O–H groups in total. The highest BCUT2D eigenvalue weighted by molar-refractivity contribution is 5.09. The van der Waals surface area contributed by atoms with Crippen LogP contribution in [0.2, 0.25) is 0 Å². The molecule has 0 saturated heterocycles. The molecule has 11 heavy (non-hydrogen) atoms. The zero-order chi connectivity index (χ0) is 8.22. The van der Waals surface area contributed by atoms with Crippen molar-refractivity contribution in [2.45, 2.75) is 39.7 Å². The first-order valence-corrected chi connectivity index (χ1v) is 4.79. The Bertz CT molecular complexity index is 156. The van der Waals surface area contributed by atoms with Gasteiger partial charge in [-0.2, -0.15) is 0 Å². The van der Waals surface area contributed by atoms with E-state index in [4.69, 9.17) is 5.73 Å². The molecule has 2 saturated carbocycles. The molecule has 0 aliphatic heterocycles. The number of rotatable bonds is 0. The molecule has 0 heterocycles. The van der Waals surface area contributed by atoms with Crippen LogP contribution >= 0.6 is 0 Å². The Kier molecular flexibility index (Phi) is 1.39. The zero-order valence-corrected chi connectivity index (χ0v) is 7.80. The van der Waals surface area contributed by atoms with Crippen molar-refractivity contribution in [3.05, 3.63) is 0 Å². The van der Waals surface area contributed by atoms with Crippen LogP contribution < -0.4 is 5.73 Å². The SMILES string of the molecule is C[C@@H]1C[C@@H]2[C@@H](C[C@H]1N)C2(C)C. The van der Waals surface area contributed by atoms with Crippen molar-refractivity contribution in [1.29, 1.82) is 0 Å². The van der Waals surface area contributed by atoms with E-state index in [0.29, 0.717) is 11.5 Å². The molecule has 2 fully saturated rings. The second-order valence-corrected chi connectivity index (χ2v) is 5.15. The van der Waals surface area contributed by atoms with Gasteiger partial charge in [-0.1, -0.05) is 20.8 Å². The first kappa shape index (κ1) is 7.60. The van der Waals surface area contributed by atoms with Crippen LogP contribution in [0.1, 0.15) is 33.6 Å². The van der Waals surface area contributed by atoms with Crippen molar-refractivity contribution in [3.8, 4) is 0 Å². The quantitative estimate of drug-likeness (QED) is 0.566. The summed E-state index contributed by atoms with van der Waals surface area (Å²) in [5.74, 6) is 2.71. The topological polar surface area (TPSA) is 26.0 Å². The van der Waals surface area contributed by atoms with E-state index in [9.17, 15) is 0 Å². The van der Waals surface area contributed by atoms with Crippen LogP contribution in [0, 0.1) is 23.2 Å². The van der Waals surface area contributed by atoms with Gasteiger partial charge < -0.3 is 5.73 Å². The second kappa shape index (κ2) is 2.01. The van der Waals surface area contributed by atoms with Crippen molar-refractivity contribution in [2.75, 3.05) is 0 Å². The summed E-state index contributed by atoms with van der Waals surface area (Å²) < 4.78 is 0. The zero-order valence-electron chi connectivity index (χ0n) is 7.80. The highest BCUT2D eigenvalue weighted by atomic mass is 14.7. The van der Waals surface area contributed by atoms with E-state index in [1.165, 1.54) is 12.8 Å². The molecule has 0 aromatic rings. The standard InChI is InChI=1S/C10H19N/c1-6-4-7-8(5-9(6)11)10(7,2)3/h6-9H,4-5,11H2,1-3H3/t6-,7-,8-,9-/m1/s1. The third kappa shape index (κ3) is 0.936. The average Bonchev–Trinajstić information content (AvgIpc) is 2.39. The van der Waals surface area contributed by atoms with E-state index >= 15 is 0 Å². The first-order chi connectivity index (χ1) is 5.03. The summed E-state index contributed by atoms with van der Waals surface area (Å²) in [6.07, 6.45) is 2.65. The molecule has 0 radical (unpaired) electrons. The summed E-state index contributed by atoms with van der Waals surface area (Å²) in [5.41, 5.74) is 6.64. The summed E-state index contributed by atoms with van der Waals surface area (Å²) in [6, 6.07) is 0.484. The fourth-order valence-corrected chi connectivity index (χ4v) is 2.89. The molecule has 0 unspecified atom stereocenters. The predicted octanol–water partition coefficient (Wildman–Crippen LogP) is 2.02. The predicted molar refractivity (Wildman–Crippen MR) is 47.1 cm³/mol. The molecule has 4 atom stereocenters. The molecule has 2 rings (SSSR count). The molecule has 0 aromatic carbocycles. The molecule has 2 aliphatic rings. The molecule has 1 nitrogen and oxygen atoms in total. The van der Waals surface area contributed by atoms with Gasteiger partial charge in [-0.25, -0.2) is 0 Å². The first-order valence-electron chi connectivity index (χ1n) is 4.79. The van der Waals surface area contributed by atoms with Crippen LogP contribution in [-0.4, -0.2) is 6.04 Å². The van der Waals surface area contributed by atoms with Crippen LogP contribution in [0.4, 0.5) is 0 Å². The molecule has 1 heteroatoms. The van der Waals surface area contributed by atoms with Crippen molar-refractivity contribution >= 4 is 0 Å². The maximum atomic E-state index is 6.02. The van der Waals surface area contributed by atoms with Crippen molar-refractivity contribution in [2.24, 2.45) is 28.9 Å². The summed E-state index contributed by atoms with van der Waals surface area (Å²) in [5, 5.41) is 0. The summed E-state index contributed by atoms with van der Waals surface area (Å²) in [4.78, 5) is 0. The van der Waals surface area contributed by atoms with Crippen LogP contribution in [0.25, 0.3) is 0 Å². The molecule has 0 spiro atoms. The van der Waals surface area contributed by atoms with Gasteiger partial charge in [0.15, 0.2) is 0 Å². The third-order valence-electron chi connectivity index (χ3n) is 4.17. The van der Waals surface area contributed by atoms with Crippen LogP contribution in [-0.2, 0) is 0 Å². The normalized spacial score (nSPS) is 53.5. The van der Waals surface area contributed by atoms with E-state index in [1.54, 1.807) is 0 Å². The van der Waals surface area contributed by atoms with E-state index in [0.717, 1.165) is 17.8 Å². The number of nitrogens with two attached hydrogens (primary N) is 1. The molecular formula is C10H19N. The van der Waals surface area contributed by atoms with Gasteiger partial charge in [0.25, 0.3) is 0 Å². The second-order valence-electron chi connectivity index (χ2n) is 5.15. The molecule has 0 bridgehead atoms. The minimum absolute atomic E-state index is 0.484. The minimum Gasteiger partial charge on any atom is -0.327 e. The Balaban J connectivity index is 2.07. The Labute approximate surface area is 69.4 Å². The van der Waals surface area contributed by atoms with Crippen LogP contribution in [0.3, 0.4) is 0 Å². The Hall–Kier alpha value is -0.0400. The Morgan fingerprint density at radius 2 is 1.73 bits per heavy atom. The lowest BCUT2D eigenvalue weighted by Crippen LogP contribution is -2.32. The van der Waals surface area contributed by atoms with E-state index < -0.39 is 0 Å². The number of hydrogen-bond acceptors (Lipinski definition) is 1. The smallest absolute Gasteiger partial charge is 0.00675 e. The maximum absolute atomic E-state index is 6.02. The van der Waals surface area contributed by atoms with Gasteiger partial charge in [-0.05, 0) is 36.0 Å². The monoisotopic (exact) mass is 153 g/mol. The lowest BCUT2D eigenvalue weighted by molar-refractivity contribution is 0.317. The Morgan fingerprint density at radius 1 is 1.18 bits per heavy atom. The molecule has 0 aromatic heterocycles. The number of fused-ring (bicyclic) bond motifs is 1. The van der Waals surface area contributed by atoms with Gasteiger partial charge in [-0.3, -0.25) is 0 Å². The average molecular weight is 153 g/mol. The highest BCUT2D eigenvalue weighted by Crippen LogP contribution is 2.65. The number of hydrogen-bond donors (Lipinski definition) is 1. The van der Waals surface area contributed by atoms with E-state index in [1.807, 2.05) is 0 Å². The van der Waals surface area contributed by atoms with Crippen molar-refractivity contribution < 1.29 is 0 Å². The lowest BCUT2D eigenvalue weighted by atomic mass is 9.87. The third-order valence-corrected chi connectivity index (χ3v) is 4.17. The van der Waals surface area contributed by atoms with Gasteiger partial charge in [0.2, 0.25) is 0 Å². The summed E-state index contributed by atoms with van der Waals surface area (Å²) in [6.45, 7) is 7.09. The van der Waals surface area contributed by atoms with Gasteiger partial charge in [0.05, 0.1) is 0 Å².